The van der Waals surface area contributed by atoms with E-state index in [1.807, 2.05) is 19.1 Å². The van der Waals surface area contributed by atoms with Crippen LogP contribution in [0.2, 0.25) is 5.02 Å². The van der Waals surface area contributed by atoms with Crippen LogP contribution in [0.25, 0.3) is 0 Å². The molecule has 114 valence electrons. The summed E-state index contributed by atoms with van der Waals surface area (Å²) < 4.78 is 27.5. The predicted molar refractivity (Wildman–Crippen MR) is 84.5 cm³/mol. The Morgan fingerprint density at radius 2 is 1.75 bits per heavy atom. The summed E-state index contributed by atoms with van der Waals surface area (Å²) in [6.07, 6.45) is 0.625. The van der Waals surface area contributed by atoms with Crippen LogP contribution in [-0.4, -0.2) is 43.5 Å². The summed E-state index contributed by atoms with van der Waals surface area (Å²) >= 11 is 11.4. The van der Waals surface area contributed by atoms with Gasteiger partial charge in [0.05, 0.1) is 0 Å². The van der Waals surface area contributed by atoms with Gasteiger partial charge in [0.1, 0.15) is 0 Å². The van der Waals surface area contributed by atoms with E-state index in [0.717, 1.165) is 5.56 Å². The first-order valence-corrected chi connectivity index (χ1v) is 8.62. The van der Waals surface area contributed by atoms with Gasteiger partial charge in [-0.2, -0.15) is 17.0 Å². The zero-order valence-corrected chi connectivity index (χ0v) is 14.2. The molecule has 1 atom stereocenters. The lowest BCUT2D eigenvalue weighted by Gasteiger charge is -2.29. The SMILES string of the molecule is CC(c1ccc(Cl)cc1)N(C)S(=O)(=O)N(C)CCCCl. The van der Waals surface area contributed by atoms with Gasteiger partial charge in [-0.1, -0.05) is 23.7 Å². The van der Waals surface area contributed by atoms with Gasteiger partial charge in [-0.3, -0.25) is 0 Å². The summed E-state index contributed by atoms with van der Waals surface area (Å²) in [5.74, 6) is 0.441. The van der Waals surface area contributed by atoms with Crippen molar-refractivity contribution >= 4 is 33.4 Å². The lowest BCUT2D eigenvalue weighted by Crippen LogP contribution is -2.41. The van der Waals surface area contributed by atoms with Crippen LogP contribution in [0.15, 0.2) is 24.3 Å². The van der Waals surface area contributed by atoms with Crippen molar-refractivity contribution in [3.63, 3.8) is 0 Å². The van der Waals surface area contributed by atoms with Crippen molar-refractivity contribution in [2.45, 2.75) is 19.4 Å². The molecule has 0 fully saturated rings. The molecule has 1 rings (SSSR count). The van der Waals surface area contributed by atoms with E-state index in [-0.39, 0.29) is 6.04 Å². The smallest absolute Gasteiger partial charge is 0.195 e. The van der Waals surface area contributed by atoms with Gasteiger partial charge in [0, 0.05) is 37.6 Å². The summed E-state index contributed by atoms with van der Waals surface area (Å²) in [5.41, 5.74) is 0.895. The molecule has 20 heavy (non-hydrogen) atoms. The number of rotatable bonds is 7. The minimum absolute atomic E-state index is 0.268. The fraction of sp³-hybridized carbons (Fsp3) is 0.538. The van der Waals surface area contributed by atoms with Crippen LogP contribution >= 0.6 is 23.2 Å². The monoisotopic (exact) mass is 338 g/mol. The molecule has 0 saturated carbocycles. The zero-order chi connectivity index (χ0) is 15.3. The molecular formula is C13H20Cl2N2O2S. The van der Waals surface area contributed by atoms with E-state index in [2.05, 4.69) is 0 Å². The molecule has 1 unspecified atom stereocenters. The van der Waals surface area contributed by atoms with Crippen LogP contribution in [0.4, 0.5) is 0 Å². The molecule has 0 amide bonds. The highest BCUT2D eigenvalue weighted by Crippen LogP contribution is 2.24. The molecule has 0 bridgehead atoms. The zero-order valence-electron chi connectivity index (χ0n) is 11.9. The second kappa shape index (κ2) is 7.61. The van der Waals surface area contributed by atoms with Gasteiger partial charge in [0.15, 0.2) is 0 Å². The molecule has 0 aromatic heterocycles. The van der Waals surface area contributed by atoms with Gasteiger partial charge < -0.3 is 0 Å². The fourth-order valence-corrected chi connectivity index (χ4v) is 3.34. The third kappa shape index (κ3) is 4.33. The maximum absolute atomic E-state index is 12.4. The van der Waals surface area contributed by atoms with Gasteiger partial charge >= 0.3 is 0 Å². The van der Waals surface area contributed by atoms with Crippen molar-refractivity contribution in [2.75, 3.05) is 26.5 Å². The first-order chi connectivity index (χ1) is 9.30. The molecule has 4 nitrogen and oxygen atoms in total. The van der Waals surface area contributed by atoms with Crippen molar-refractivity contribution in [3.8, 4) is 0 Å². The van der Waals surface area contributed by atoms with Crippen molar-refractivity contribution in [1.29, 1.82) is 0 Å². The first kappa shape index (κ1) is 17.7. The summed E-state index contributed by atoms with van der Waals surface area (Å²) in [6.45, 7) is 2.25. The molecule has 0 spiro atoms. The maximum Gasteiger partial charge on any atom is 0.282 e. The Kier molecular flexibility index (Phi) is 6.75. The Balaban J connectivity index is 2.86. The third-order valence-electron chi connectivity index (χ3n) is 3.26. The Morgan fingerprint density at radius 3 is 2.25 bits per heavy atom. The second-order valence-corrected chi connectivity index (χ2v) is 7.52. The molecule has 0 aliphatic carbocycles. The van der Waals surface area contributed by atoms with Crippen molar-refractivity contribution in [2.24, 2.45) is 0 Å². The largest absolute Gasteiger partial charge is 0.282 e. The van der Waals surface area contributed by atoms with Gasteiger partial charge in [-0.05, 0) is 31.0 Å². The van der Waals surface area contributed by atoms with Crippen LogP contribution in [0, 0.1) is 0 Å². The quantitative estimate of drug-likeness (QED) is 0.716. The van der Waals surface area contributed by atoms with Gasteiger partial charge in [-0.15, -0.1) is 11.6 Å². The summed E-state index contributed by atoms with van der Waals surface area (Å²) in [5, 5.41) is 0.630. The molecule has 1 aromatic rings. The van der Waals surface area contributed by atoms with Gasteiger partial charge in [-0.25, -0.2) is 0 Å². The van der Waals surface area contributed by atoms with Crippen LogP contribution in [0.3, 0.4) is 0 Å². The summed E-state index contributed by atoms with van der Waals surface area (Å²) in [4.78, 5) is 0. The second-order valence-electron chi connectivity index (χ2n) is 4.62. The van der Waals surface area contributed by atoms with Crippen molar-refractivity contribution < 1.29 is 8.42 Å². The number of halogens is 2. The molecule has 7 heteroatoms. The Hall–Kier alpha value is -0.330. The molecule has 0 radical (unpaired) electrons. The van der Waals surface area contributed by atoms with Crippen LogP contribution < -0.4 is 0 Å². The van der Waals surface area contributed by atoms with Crippen LogP contribution in [-0.2, 0) is 10.2 Å². The molecule has 0 aliphatic rings. The van der Waals surface area contributed by atoms with Gasteiger partial charge in [0.25, 0.3) is 10.2 Å². The van der Waals surface area contributed by atoms with Crippen LogP contribution in [0.5, 0.6) is 0 Å². The topological polar surface area (TPSA) is 40.6 Å². The average molecular weight is 339 g/mol. The normalized spacial score (nSPS) is 13.9. The summed E-state index contributed by atoms with van der Waals surface area (Å²) in [7, 11) is -0.356. The van der Waals surface area contributed by atoms with Crippen molar-refractivity contribution in [1.82, 2.24) is 8.61 Å². The molecule has 0 aliphatic heterocycles. The average Bonchev–Trinajstić information content (AvgIpc) is 2.43. The van der Waals surface area contributed by atoms with E-state index >= 15 is 0 Å². The molecule has 0 saturated heterocycles. The van der Waals surface area contributed by atoms with E-state index in [1.54, 1.807) is 26.2 Å². The van der Waals surface area contributed by atoms with Crippen LogP contribution in [0.1, 0.15) is 24.9 Å². The molecule has 0 N–H and O–H groups in total. The van der Waals surface area contributed by atoms with E-state index in [1.165, 1.54) is 8.61 Å². The lowest BCUT2D eigenvalue weighted by molar-refractivity contribution is 0.349. The lowest BCUT2D eigenvalue weighted by atomic mass is 10.1. The Bertz CT molecular complexity index is 520. The van der Waals surface area contributed by atoms with Gasteiger partial charge in [0.2, 0.25) is 0 Å². The summed E-state index contributed by atoms with van der Waals surface area (Å²) in [6, 6.07) is 6.90. The number of nitrogens with zero attached hydrogens (tertiary/aromatic N) is 2. The number of benzene rings is 1. The van der Waals surface area contributed by atoms with E-state index in [4.69, 9.17) is 23.2 Å². The van der Waals surface area contributed by atoms with Crippen molar-refractivity contribution in [3.05, 3.63) is 34.9 Å². The molecule has 1 aromatic carbocycles. The number of alkyl halides is 1. The molecular weight excluding hydrogens is 319 g/mol. The standard InChI is InChI=1S/C13H20Cl2N2O2S/c1-11(12-5-7-13(15)8-6-12)17(3)20(18,19)16(2)10-4-9-14/h5-8,11H,4,9-10H2,1-3H3. The van der Waals surface area contributed by atoms with E-state index in [9.17, 15) is 8.42 Å². The highest BCUT2D eigenvalue weighted by atomic mass is 35.5. The number of hydrogen-bond donors (Lipinski definition) is 0. The first-order valence-electron chi connectivity index (χ1n) is 6.31. The van der Waals surface area contributed by atoms with E-state index < -0.39 is 10.2 Å². The predicted octanol–water partition coefficient (Wildman–Crippen LogP) is 3.14. The number of hydrogen-bond acceptors (Lipinski definition) is 2. The maximum atomic E-state index is 12.4. The fourth-order valence-electron chi connectivity index (χ4n) is 1.77. The Labute approximate surface area is 131 Å². The van der Waals surface area contributed by atoms with E-state index in [0.29, 0.717) is 23.9 Å². The minimum atomic E-state index is -3.49. The highest BCUT2D eigenvalue weighted by Gasteiger charge is 2.28. The Morgan fingerprint density at radius 1 is 1.20 bits per heavy atom. The minimum Gasteiger partial charge on any atom is -0.195 e. The molecule has 0 heterocycles. The highest BCUT2D eigenvalue weighted by molar-refractivity contribution is 7.86. The third-order valence-corrected chi connectivity index (χ3v) is 5.80.